The number of rotatable bonds is 4. The van der Waals surface area contributed by atoms with Gasteiger partial charge >= 0.3 is 0 Å². The zero-order chi connectivity index (χ0) is 14.7. The Hall–Kier alpha value is -1.32. The van der Waals surface area contributed by atoms with Gasteiger partial charge in [0.2, 0.25) is 0 Å². The van der Waals surface area contributed by atoms with Crippen LogP contribution in [0.5, 0.6) is 0 Å². The average Bonchev–Trinajstić information content (AvgIpc) is 2.50. The SMILES string of the molecule is CC(Cc1ccc(F)cc1)NC1CCSc2ccccc21. The van der Waals surface area contributed by atoms with Gasteiger partial charge in [-0.25, -0.2) is 4.39 Å². The summed E-state index contributed by atoms with van der Waals surface area (Å²) in [6.45, 7) is 2.20. The molecule has 2 atom stereocenters. The summed E-state index contributed by atoms with van der Waals surface area (Å²) >= 11 is 1.94. The van der Waals surface area contributed by atoms with Crippen molar-refractivity contribution in [1.29, 1.82) is 0 Å². The molecule has 110 valence electrons. The van der Waals surface area contributed by atoms with Gasteiger partial charge < -0.3 is 5.32 Å². The van der Waals surface area contributed by atoms with Crippen molar-refractivity contribution in [2.24, 2.45) is 0 Å². The summed E-state index contributed by atoms with van der Waals surface area (Å²) in [5.74, 6) is 0.996. The van der Waals surface area contributed by atoms with Crippen LogP contribution in [0.15, 0.2) is 53.4 Å². The average molecular weight is 301 g/mol. The number of halogens is 1. The molecule has 2 unspecified atom stereocenters. The fourth-order valence-corrected chi connectivity index (χ4v) is 4.02. The highest BCUT2D eigenvalue weighted by Gasteiger charge is 2.21. The molecule has 3 rings (SSSR count). The topological polar surface area (TPSA) is 12.0 Å². The van der Waals surface area contributed by atoms with E-state index in [0.29, 0.717) is 12.1 Å². The molecular formula is C18H20FNS. The first-order valence-electron chi connectivity index (χ1n) is 7.44. The van der Waals surface area contributed by atoms with Crippen LogP contribution in [0.3, 0.4) is 0 Å². The summed E-state index contributed by atoms with van der Waals surface area (Å²) in [7, 11) is 0. The molecule has 0 bridgehead atoms. The lowest BCUT2D eigenvalue weighted by molar-refractivity contribution is 0.438. The van der Waals surface area contributed by atoms with Gasteiger partial charge in [-0.05, 0) is 54.8 Å². The molecule has 0 radical (unpaired) electrons. The molecule has 1 aliphatic heterocycles. The second kappa shape index (κ2) is 6.63. The Balaban J connectivity index is 1.65. The highest BCUT2D eigenvalue weighted by molar-refractivity contribution is 7.99. The molecule has 1 heterocycles. The zero-order valence-corrected chi connectivity index (χ0v) is 13.0. The van der Waals surface area contributed by atoms with Crippen molar-refractivity contribution >= 4 is 11.8 Å². The van der Waals surface area contributed by atoms with Crippen molar-refractivity contribution in [3.63, 3.8) is 0 Å². The predicted octanol–water partition coefficient (Wildman–Crippen LogP) is 4.58. The summed E-state index contributed by atoms with van der Waals surface area (Å²) in [5.41, 5.74) is 2.59. The van der Waals surface area contributed by atoms with Crippen molar-refractivity contribution in [1.82, 2.24) is 5.32 Å². The number of hydrogen-bond donors (Lipinski definition) is 1. The van der Waals surface area contributed by atoms with E-state index in [1.54, 1.807) is 0 Å². The number of thioether (sulfide) groups is 1. The van der Waals surface area contributed by atoms with Gasteiger partial charge in [-0.15, -0.1) is 11.8 Å². The van der Waals surface area contributed by atoms with E-state index in [0.717, 1.165) is 18.6 Å². The quantitative estimate of drug-likeness (QED) is 0.887. The first kappa shape index (κ1) is 14.6. The lowest BCUT2D eigenvalue weighted by atomic mass is 10.0. The fourth-order valence-electron chi connectivity index (χ4n) is 2.89. The summed E-state index contributed by atoms with van der Waals surface area (Å²) in [6, 6.07) is 16.3. The standard InChI is InChI=1S/C18H20FNS/c1-13(12-14-6-8-15(19)9-7-14)20-17-10-11-21-18-5-3-2-4-16(17)18/h2-9,13,17,20H,10-12H2,1H3. The highest BCUT2D eigenvalue weighted by atomic mass is 32.2. The molecule has 0 fully saturated rings. The molecule has 3 heteroatoms. The monoisotopic (exact) mass is 301 g/mol. The Bertz CT molecular complexity index is 596. The van der Waals surface area contributed by atoms with Crippen LogP contribution in [0.2, 0.25) is 0 Å². The number of nitrogens with one attached hydrogen (secondary N) is 1. The Kier molecular flexibility index (Phi) is 4.61. The van der Waals surface area contributed by atoms with Crippen LogP contribution in [-0.4, -0.2) is 11.8 Å². The molecule has 0 spiro atoms. The molecule has 2 aromatic rings. The molecule has 0 aliphatic carbocycles. The maximum atomic E-state index is 12.9. The summed E-state index contributed by atoms with van der Waals surface area (Å²) in [6.07, 6.45) is 2.08. The van der Waals surface area contributed by atoms with Gasteiger partial charge in [-0.3, -0.25) is 0 Å². The third kappa shape index (κ3) is 3.66. The van der Waals surface area contributed by atoms with Crippen molar-refractivity contribution in [3.8, 4) is 0 Å². The second-order valence-electron chi connectivity index (χ2n) is 5.63. The molecule has 21 heavy (non-hydrogen) atoms. The summed E-state index contributed by atoms with van der Waals surface area (Å²) < 4.78 is 12.9. The fraction of sp³-hybridized carbons (Fsp3) is 0.333. The van der Waals surface area contributed by atoms with Crippen LogP contribution in [0.1, 0.15) is 30.5 Å². The van der Waals surface area contributed by atoms with Gasteiger partial charge in [-0.2, -0.15) is 0 Å². The van der Waals surface area contributed by atoms with E-state index in [4.69, 9.17) is 0 Å². The maximum Gasteiger partial charge on any atom is 0.123 e. The van der Waals surface area contributed by atoms with E-state index >= 15 is 0 Å². The molecule has 1 N–H and O–H groups in total. The van der Waals surface area contributed by atoms with Gasteiger partial charge in [0.25, 0.3) is 0 Å². The van der Waals surface area contributed by atoms with Gasteiger partial charge in [0, 0.05) is 17.0 Å². The van der Waals surface area contributed by atoms with E-state index in [2.05, 4.69) is 36.5 Å². The Morgan fingerprint density at radius 1 is 1.19 bits per heavy atom. The third-order valence-corrected chi connectivity index (χ3v) is 5.02. The smallest absolute Gasteiger partial charge is 0.123 e. The van der Waals surface area contributed by atoms with Crippen LogP contribution in [0, 0.1) is 5.82 Å². The molecule has 0 saturated heterocycles. The largest absolute Gasteiger partial charge is 0.307 e. The van der Waals surface area contributed by atoms with Crippen molar-refractivity contribution in [2.75, 3.05) is 5.75 Å². The molecule has 0 amide bonds. The van der Waals surface area contributed by atoms with E-state index in [1.165, 1.54) is 28.2 Å². The summed E-state index contributed by atoms with van der Waals surface area (Å²) in [4.78, 5) is 1.40. The van der Waals surface area contributed by atoms with E-state index < -0.39 is 0 Å². The molecule has 2 aromatic carbocycles. The van der Waals surface area contributed by atoms with E-state index in [9.17, 15) is 4.39 Å². The van der Waals surface area contributed by atoms with Crippen LogP contribution < -0.4 is 5.32 Å². The van der Waals surface area contributed by atoms with Crippen molar-refractivity contribution in [2.45, 2.75) is 36.7 Å². The van der Waals surface area contributed by atoms with Gasteiger partial charge in [0.1, 0.15) is 5.82 Å². The second-order valence-corrected chi connectivity index (χ2v) is 6.76. The lowest BCUT2D eigenvalue weighted by Crippen LogP contribution is -2.33. The molecule has 0 saturated carbocycles. The van der Waals surface area contributed by atoms with Crippen LogP contribution in [0.4, 0.5) is 4.39 Å². The van der Waals surface area contributed by atoms with Crippen LogP contribution >= 0.6 is 11.8 Å². The first-order chi connectivity index (χ1) is 10.2. The van der Waals surface area contributed by atoms with E-state index in [-0.39, 0.29) is 5.82 Å². The Morgan fingerprint density at radius 2 is 1.95 bits per heavy atom. The molecular weight excluding hydrogens is 281 g/mol. The van der Waals surface area contributed by atoms with Crippen LogP contribution in [0.25, 0.3) is 0 Å². The minimum Gasteiger partial charge on any atom is -0.307 e. The molecule has 1 aliphatic rings. The number of benzene rings is 2. The number of hydrogen-bond acceptors (Lipinski definition) is 2. The summed E-state index contributed by atoms with van der Waals surface area (Å²) in [5, 5.41) is 3.73. The van der Waals surface area contributed by atoms with E-state index in [1.807, 2.05) is 23.9 Å². The molecule has 1 nitrogen and oxygen atoms in total. The number of fused-ring (bicyclic) bond motifs is 1. The predicted molar refractivity (Wildman–Crippen MR) is 87.2 cm³/mol. The zero-order valence-electron chi connectivity index (χ0n) is 12.2. The van der Waals surface area contributed by atoms with Crippen molar-refractivity contribution in [3.05, 3.63) is 65.5 Å². The maximum absolute atomic E-state index is 12.9. The van der Waals surface area contributed by atoms with Gasteiger partial charge in [0.05, 0.1) is 0 Å². The minimum atomic E-state index is -0.169. The normalized spacial score (nSPS) is 19.0. The van der Waals surface area contributed by atoms with Gasteiger partial charge in [0.15, 0.2) is 0 Å². The third-order valence-electron chi connectivity index (χ3n) is 3.90. The minimum absolute atomic E-state index is 0.169. The first-order valence-corrected chi connectivity index (χ1v) is 8.43. The van der Waals surface area contributed by atoms with Crippen molar-refractivity contribution < 1.29 is 4.39 Å². The highest BCUT2D eigenvalue weighted by Crippen LogP contribution is 2.36. The lowest BCUT2D eigenvalue weighted by Gasteiger charge is -2.29. The van der Waals surface area contributed by atoms with Gasteiger partial charge in [-0.1, -0.05) is 30.3 Å². The molecule has 0 aromatic heterocycles. The van der Waals surface area contributed by atoms with Crippen LogP contribution in [-0.2, 0) is 6.42 Å². The Labute approximate surface area is 130 Å². The Morgan fingerprint density at radius 3 is 2.76 bits per heavy atom.